The second-order valence-electron chi connectivity index (χ2n) is 5.35. The number of esters is 1. The van der Waals surface area contributed by atoms with Crippen molar-refractivity contribution in [2.75, 3.05) is 7.11 Å². The summed E-state index contributed by atoms with van der Waals surface area (Å²) in [6.45, 7) is 3.51. The third-order valence-electron chi connectivity index (χ3n) is 3.83. The summed E-state index contributed by atoms with van der Waals surface area (Å²) in [5.41, 5.74) is 0.921. The number of unbranched alkanes of at least 4 members (excludes halogenated alkanes) is 2. The van der Waals surface area contributed by atoms with Crippen LogP contribution in [0.5, 0.6) is 0 Å². The number of hydrogen-bond donors (Lipinski definition) is 0. The molecule has 1 saturated carbocycles. The fourth-order valence-corrected chi connectivity index (χ4v) is 2.79. The number of ether oxygens (including phenoxy) is 1. The zero-order valence-corrected chi connectivity index (χ0v) is 12.7. The molecule has 0 N–H and O–H groups in total. The first-order chi connectivity index (χ1) is 9.58. The Kier molecular flexibility index (Phi) is 7.26. The van der Waals surface area contributed by atoms with Gasteiger partial charge >= 0.3 is 11.9 Å². The van der Waals surface area contributed by atoms with Gasteiger partial charge in [0.2, 0.25) is 0 Å². The van der Waals surface area contributed by atoms with E-state index >= 15 is 0 Å². The molecule has 0 unspecified atom stereocenters. The molecule has 0 aromatic carbocycles. The van der Waals surface area contributed by atoms with Crippen molar-refractivity contribution >= 4 is 17.7 Å². The molecular weight excluding hydrogens is 258 g/mol. The van der Waals surface area contributed by atoms with Gasteiger partial charge in [-0.2, -0.15) is 0 Å². The third kappa shape index (κ3) is 5.31. The van der Waals surface area contributed by atoms with Crippen molar-refractivity contribution in [2.24, 2.45) is 17.0 Å². The zero-order chi connectivity index (χ0) is 15.0. The van der Waals surface area contributed by atoms with Gasteiger partial charge in [0.25, 0.3) is 0 Å². The maximum atomic E-state index is 11.5. The van der Waals surface area contributed by atoms with E-state index in [1.54, 1.807) is 0 Å². The van der Waals surface area contributed by atoms with Crippen molar-refractivity contribution < 1.29 is 19.2 Å². The summed E-state index contributed by atoms with van der Waals surface area (Å²) in [6, 6.07) is 0. The van der Waals surface area contributed by atoms with Gasteiger partial charge < -0.3 is 9.57 Å². The molecule has 1 aliphatic rings. The van der Waals surface area contributed by atoms with Crippen LogP contribution >= 0.6 is 0 Å². The molecule has 0 heterocycles. The Hall–Kier alpha value is -1.39. The molecule has 5 nitrogen and oxygen atoms in total. The van der Waals surface area contributed by atoms with Gasteiger partial charge in [0.1, 0.15) is 0 Å². The smallest absolute Gasteiger partial charge is 0.331 e. The highest BCUT2D eigenvalue weighted by atomic mass is 16.7. The topological polar surface area (TPSA) is 65.0 Å². The number of methoxy groups -OCH3 is 1. The van der Waals surface area contributed by atoms with Crippen LogP contribution in [-0.4, -0.2) is 24.8 Å². The summed E-state index contributed by atoms with van der Waals surface area (Å²) in [7, 11) is 1.41. The van der Waals surface area contributed by atoms with Crippen LogP contribution in [0.25, 0.3) is 0 Å². The van der Waals surface area contributed by atoms with E-state index in [-0.39, 0.29) is 17.8 Å². The molecule has 0 aromatic rings. The van der Waals surface area contributed by atoms with E-state index in [2.05, 4.69) is 12.1 Å². The lowest BCUT2D eigenvalue weighted by molar-refractivity contribution is -0.142. The minimum Gasteiger partial charge on any atom is -0.469 e. The molecule has 0 aromatic heterocycles. The molecule has 0 radical (unpaired) electrons. The summed E-state index contributed by atoms with van der Waals surface area (Å²) < 4.78 is 4.76. The first kappa shape index (κ1) is 16.7. The van der Waals surface area contributed by atoms with E-state index in [0.29, 0.717) is 6.42 Å². The van der Waals surface area contributed by atoms with Crippen molar-refractivity contribution in [3.05, 3.63) is 0 Å². The molecule has 0 saturated heterocycles. The molecule has 5 heteroatoms. The van der Waals surface area contributed by atoms with Gasteiger partial charge in [0.05, 0.1) is 12.8 Å². The molecule has 0 spiro atoms. The summed E-state index contributed by atoms with van der Waals surface area (Å²) in [5.74, 6) is -0.0842. The predicted octanol–water partition coefficient (Wildman–Crippen LogP) is 3.08. The van der Waals surface area contributed by atoms with Gasteiger partial charge in [0.15, 0.2) is 0 Å². The molecule has 0 bridgehead atoms. The van der Waals surface area contributed by atoms with Gasteiger partial charge in [-0.05, 0) is 25.2 Å². The second kappa shape index (κ2) is 8.72. The van der Waals surface area contributed by atoms with E-state index in [1.165, 1.54) is 20.5 Å². The Morgan fingerprint density at radius 1 is 1.35 bits per heavy atom. The van der Waals surface area contributed by atoms with E-state index in [1.807, 2.05) is 0 Å². The SMILES string of the molecule is CCCCC[C@@H]1/C(=N\OC(C)=O)CC[C@H]1CC(=O)OC. The normalized spacial score (nSPS) is 23.9. The zero-order valence-electron chi connectivity index (χ0n) is 12.7. The molecule has 0 aliphatic heterocycles. The number of rotatable bonds is 7. The third-order valence-corrected chi connectivity index (χ3v) is 3.83. The van der Waals surface area contributed by atoms with Crippen LogP contribution in [0.4, 0.5) is 0 Å². The second-order valence-corrected chi connectivity index (χ2v) is 5.35. The first-order valence-corrected chi connectivity index (χ1v) is 7.39. The fourth-order valence-electron chi connectivity index (χ4n) is 2.79. The van der Waals surface area contributed by atoms with Crippen LogP contribution in [0.2, 0.25) is 0 Å². The van der Waals surface area contributed by atoms with E-state index in [4.69, 9.17) is 9.57 Å². The fraction of sp³-hybridized carbons (Fsp3) is 0.800. The average molecular weight is 283 g/mol. The van der Waals surface area contributed by atoms with Crippen LogP contribution in [0.1, 0.15) is 58.8 Å². The number of nitrogens with zero attached hydrogens (tertiary/aromatic N) is 1. The van der Waals surface area contributed by atoms with Gasteiger partial charge in [-0.3, -0.25) is 4.79 Å². The quantitative estimate of drug-likeness (QED) is 0.312. The highest BCUT2D eigenvalue weighted by Crippen LogP contribution is 2.36. The summed E-state index contributed by atoms with van der Waals surface area (Å²) in [5, 5.41) is 3.98. The van der Waals surface area contributed by atoms with Gasteiger partial charge in [-0.15, -0.1) is 0 Å². The van der Waals surface area contributed by atoms with Gasteiger partial charge in [-0.25, -0.2) is 4.79 Å². The van der Waals surface area contributed by atoms with Gasteiger partial charge in [-0.1, -0.05) is 31.3 Å². The molecule has 1 fully saturated rings. The van der Waals surface area contributed by atoms with Crippen LogP contribution in [0.3, 0.4) is 0 Å². The monoisotopic (exact) mass is 283 g/mol. The molecular formula is C15H25NO4. The van der Waals surface area contributed by atoms with Crippen molar-refractivity contribution in [1.29, 1.82) is 0 Å². The number of oxime groups is 1. The van der Waals surface area contributed by atoms with E-state index in [0.717, 1.165) is 37.8 Å². The highest BCUT2D eigenvalue weighted by molar-refractivity contribution is 5.89. The molecule has 114 valence electrons. The average Bonchev–Trinajstić information content (AvgIpc) is 2.79. The number of hydrogen-bond acceptors (Lipinski definition) is 5. The molecule has 1 rings (SSSR count). The number of carbonyl (C=O) groups excluding carboxylic acids is 2. The standard InChI is InChI=1S/C15H25NO4/c1-4-5-6-7-13-12(10-15(18)19-3)8-9-14(13)16-20-11(2)17/h12-13H,4-10H2,1-3H3/b16-14-/t12-,13-/m0/s1. The lowest BCUT2D eigenvalue weighted by atomic mass is 9.87. The van der Waals surface area contributed by atoms with Crippen molar-refractivity contribution in [3.8, 4) is 0 Å². The summed E-state index contributed by atoms with van der Waals surface area (Å²) >= 11 is 0. The van der Waals surface area contributed by atoms with Gasteiger partial charge in [0, 0.05) is 19.3 Å². The maximum Gasteiger partial charge on any atom is 0.331 e. The lowest BCUT2D eigenvalue weighted by Gasteiger charge is -2.18. The van der Waals surface area contributed by atoms with E-state index < -0.39 is 5.97 Å². The summed E-state index contributed by atoms with van der Waals surface area (Å²) in [6.07, 6.45) is 6.56. The van der Waals surface area contributed by atoms with Crippen molar-refractivity contribution in [1.82, 2.24) is 0 Å². The Bertz CT molecular complexity index is 365. The molecule has 2 atom stereocenters. The summed E-state index contributed by atoms with van der Waals surface area (Å²) in [4.78, 5) is 27.1. The Labute approximate surface area is 120 Å². The molecule has 1 aliphatic carbocycles. The number of carbonyl (C=O) groups is 2. The van der Waals surface area contributed by atoms with Crippen molar-refractivity contribution in [3.63, 3.8) is 0 Å². The Morgan fingerprint density at radius 3 is 2.70 bits per heavy atom. The molecule has 20 heavy (non-hydrogen) atoms. The molecule has 0 amide bonds. The van der Waals surface area contributed by atoms with Crippen LogP contribution in [0.15, 0.2) is 5.16 Å². The minimum absolute atomic E-state index is 0.177. The first-order valence-electron chi connectivity index (χ1n) is 7.39. The lowest BCUT2D eigenvalue weighted by Crippen LogP contribution is -2.19. The van der Waals surface area contributed by atoms with E-state index in [9.17, 15) is 9.59 Å². The van der Waals surface area contributed by atoms with Crippen LogP contribution in [-0.2, 0) is 19.2 Å². The highest BCUT2D eigenvalue weighted by Gasteiger charge is 2.34. The van der Waals surface area contributed by atoms with Crippen molar-refractivity contribution in [2.45, 2.75) is 58.8 Å². The minimum atomic E-state index is -0.402. The Morgan fingerprint density at radius 2 is 2.10 bits per heavy atom. The van der Waals surface area contributed by atoms with Crippen LogP contribution in [0, 0.1) is 11.8 Å². The predicted molar refractivity (Wildman–Crippen MR) is 76.2 cm³/mol. The van der Waals surface area contributed by atoms with Crippen LogP contribution < -0.4 is 0 Å². The Balaban J connectivity index is 2.67. The maximum absolute atomic E-state index is 11.5. The largest absolute Gasteiger partial charge is 0.469 e.